The number of benzene rings is 1. The maximum absolute atomic E-state index is 11.6. The Bertz CT molecular complexity index is 742. The molecule has 1 aromatic rings. The van der Waals surface area contributed by atoms with Gasteiger partial charge < -0.3 is 10.2 Å². The number of hydrogen-bond donors (Lipinski definition) is 1. The largest absolute Gasteiger partial charge is 0.345 e. The molecule has 21 heavy (non-hydrogen) atoms. The van der Waals surface area contributed by atoms with Crippen LogP contribution in [0.25, 0.3) is 0 Å². The summed E-state index contributed by atoms with van der Waals surface area (Å²) in [5, 5.41) is 29.4. The third-order valence-electron chi connectivity index (χ3n) is 3.22. The first-order chi connectivity index (χ1) is 10.1. The molecule has 1 aliphatic rings. The molecule has 6 heteroatoms. The molecule has 1 N–H and O–H groups in total. The first kappa shape index (κ1) is 14.1. The van der Waals surface area contributed by atoms with Crippen LogP contribution in [0.3, 0.4) is 0 Å². The Labute approximate surface area is 122 Å². The molecule has 1 aliphatic heterocycles. The first-order valence-electron chi connectivity index (χ1n) is 6.23. The van der Waals surface area contributed by atoms with Gasteiger partial charge in [-0.05, 0) is 24.1 Å². The van der Waals surface area contributed by atoms with E-state index in [9.17, 15) is 4.79 Å². The van der Waals surface area contributed by atoms with Crippen molar-refractivity contribution in [1.82, 2.24) is 0 Å². The Morgan fingerprint density at radius 2 is 1.95 bits per heavy atom. The average molecular weight is 277 g/mol. The lowest BCUT2D eigenvalue weighted by atomic mass is 10.1. The van der Waals surface area contributed by atoms with E-state index in [1.807, 2.05) is 6.07 Å². The van der Waals surface area contributed by atoms with Gasteiger partial charge in [0, 0.05) is 24.8 Å². The lowest BCUT2D eigenvalue weighted by Gasteiger charge is -2.16. The molecule has 0 aromatic heterocycles. The number of rotatable bonds is 2. The molecule has 102 valence electrons. The second kappa shape index (κ2) is 5.77. The number of nitrogens with one attached hydrogen (secondary N) is 1. The fourth-order valence-electron chi connectivity index (χ4n) is 2.21. The number of carbonyl (C=O) groups excluding carboxylic acids is 1. The molecule has 0 saturated heterocycles. The Morgan fingerprint density at radius 1 is 1.24 bits per heavy atom. The van der Waals surface area contributed by atoms with Crippen molar-refractivity contribution in [3.8, 4) is 18.2 Å². The second-order valence-corrected chi connectivity index (χ2v) is 4.47. The van der Waals surface area contributed by atoms with Crippen LogP contribution in [0.4, 0.5) is 11.4 Å². The highest BCUT2D eigenvalue weighted by molar-refractivity contribution is 5.94. The maximum atomic E-state index is 11.6. The molecule has 0 unspecified atom stereocenters. The predicted octanol–water partition coefficient (Wildman–Crippen LogP) is 1.83. The predicted molar refractivity (Wildman–Crippen MR) is 75.7 cm³/mol. The zero-order valence-corrected chi connectivity index (χ0v) is 11.3. The first-order valence-corrected chi connectivity index (χ1v) is 6.23. The molecule has 6 nitrogen and oxygen atoms in total. The topological polar surface area (TPSA) is 104 Å². The van der Waals surface area contributed by atoms with E-state index >= 15 is 0 Å². The van der Waals surface area contributed by atoms with Gasteiger partial charge in [-0.15, -0.1) is 0 Å². The van der Waals surface area contributed by atoms with E-state index in [4.69, 9.17) is 15.8 Å². The van der Waals surface area contributed by atoms with Gasteiger partial charge in [0.25, 0.3) is 0 Å². The average Bonchev–Trinajstić information content (AvgIpc) is 2.90. The lowest BCUT2D eigenvalue weighted by Crippen LogP contribution is -2.25. The van der Waals surface area contributed by atoms with Crippen molar-refractivity contribution in [3.63, 3.8) is 0 Å². The van der Waals surface area contributed by atoms with Crippen LogP contribution in [-0.4, -0.2) is 12.5 Å². The summed E-state index contributed by atoms with van der Waals surface area (Å²) in [6.45, 7) is 2.13. The maximum Gasteiger partial charge on any atom is 0.223 e. The molecule has 0 aliphatic carbocycles. The molecule has 1 aromatic carbocycles. The minimum atomic E-state index is -0.276. The van der Waals surface area contributed by atoms with Gasteiger partial charge >= 0.3 is 0 Å². The molecule has 0 fully saturated rings. The van der Waals surface area contributed by atoms with Crippen LogP contribution in [-0.2, 0) is 11.2 Å². The highest BCUT2D eigenvalue weighted by atomic mass is 16.2. The fourth-order valence-corrected chi connectivity index (χ4v) is 2.21. The smallest absolute Gasteiger partial charge is 0.223 e. The summed E-state index contributed by atoms with van der Waals surface area (Å²) in [5.41, 5.74) is 2.02. The number of nitrogens with zero attached hydrogens (tertiary/aromatic N) is 4. The number of carbonyl (C=O) groups is 1. The summed E-state index contributed by atoms with van der Waals surface area (Å²) in [7, 11) is 0. The van der Waals surface area contributed by atoms with E-state index < -0.39 is 0 Å². The molecule has 1 amide bonds. The molecule has 0 atom stereocenters. The van der Waals surface area contributed by atoms with Crippen molar-refractivity contribution in [3.05, 3.63) is 35.0 Å². The van der Waals surface area contributed by atoms with E-state index in [1.165, 1.54) is 6.92 Å². The molecule has 0 saturated carbocycles. The van der Waals surface area contributed by atoms with Crippen LogP contribution in [0.5, 0.6) is 0 Å². The monoisotopic (exact) mass is 277 g/mol. The normalized spacial score (nSPS) is 11.6. The van der Waals surface area contributed by atoms with E-state index in [0.717, 1.165) is 17.7 Å². The molecule has 1 heterocycles. The van der Waals surface area contributed by atoms with E-state index in [1.54, 1.807) is 35.2 Å². The fraction of sp³-hybridized carbons (Fsp3) is 0.200. The van der Waals surface area contributed by atoms with Crippen LogP contribution in [0.2, 0.25) is 0 Å². The van der Waals surface area contributed by atoms with Gasteiger partial charge in [0.05, 0.1) is 0 Å². The van der Waals surface area contributed by atoms with Crippen molar-refractivity contribution < 1.29 is 4.79 Å². The molecule has 0 bridgehead atoms. The van der Waals surface area contributed by atoms with Gasteiger partial charge in [0.1, 0.15) is 23.9 Å². The van der Waals surface area contributed by atoms with Crippen molar-refractivity contribution in [1.29, 1.82) is 15.8 Å². The summed E-state index contributed by atoms with van der Waals surface area (Å²) in [4.78, 5) is 13.2. The highest BCUT2D eigenvalue weighted by Crippen LogP contribution is 2.31. The number of hydrogen-bond acceptors (Lipinski definition) is 5. The van der Waals surface area contributed by atoms with Gasteiger partial charge in [-0.1, -0.05) is 6.07 Å². The second-order valence-electron chi connectivity index (χ2n) is 4.47. The zero-order valence-electron chi connectivity index (χ0n) is 11.3. The van der Waals surface area contributed by atoms with Gasteiger partial charge in [-0.25, -0.2) is 0 Å². The van der Waals surface area contributed by atoms with Crippen LogP contribution in [0.15, 0.2) is 29.5 Å². The Morgan fingerprint density at radius 3 is 2.52 bits per heavy atom. The van der Waals surface area contributed by atoms with Gasteiger partial charge in [0.2, 0.25) is 5.91 Å². The lowest BCUT2D eigenvalue weighted by molar-refractivity contribution is -0.116. The zero-order chi connectivity index (χ0) is 15.4. The van der Waals surface area contributed by atoms with Crippen molar-refractivity contribution >= 4 is 17.3 Å². The van der Waals surface area contributed by atoms with Gasteiger partial charge in [-0.2, -0.15) is 15.8 Å². The number of anilines is 2. The van der Waals surface area contributed by atoms with Gasteiger partial charge in [-0.3, -0.25) is 4.79 Å². The van der Waals surface area contributed by atoms with Crippen LogP contribution >= 0.6 is 0 Å². The molecule has 0 spiro atoms. The Balaban J connectivity index is 2.37. The van der Waals surface area contributed by atoms with Crippen LogP contribution in [0, 0.1) is 34.0 Å². The van der Waals surface area contributed by atoms with E-state index in [-0.39, 0.29) is 17.2 Å². The minimum Gasteiger partial charge on any atom is -0.345 e. The van der Waals surface area contributed by atoms with E-state index in [2.05, 4.69) is 5.32 Å². The van der Waals surface area contributed by atoms with Crippen molar-refractivity contribution in [2.24, 2.45) is 0 Å². The molecular weight excluding hydrogens is 266 g/mol. The SMILES string of the molecule is CC(=O)N1CCc2ccc(NC(C#N)=C(C#N)C#N)cc21. The van der Waals surface area contributed by atoms with Crippen molar-refractivity contribution in [2.75, 3.05) is 16.8 Å². The molecular formula is C15H11N5O. The number of amides is 1. The third kappa shape index (κ3) is 2.68. The molecule has 2 rings (SSSR count). The van der Waals surface area contributed by atoms with Gasteiger partial charge in [0.15, 0.2) is 5.57 Å². The van der Waals surface area contributed by atoms with Crippen LogP contribution < -0.4 is 10.2 Å². The standard InChI is InChI=1S/C15H11N5O/c1-10(21)20-5-4-11-2-3-13(6-15(11)20)19-14(9-18)12(7-16)8-17/h2-3,6,19H,4-5H2,1H3. The number of nitriles is 3. The van der Waals surface area contributed by atoms with Crippen LogP contribution in [0.1, 0.15) is 12.5 Å². The number of fused-ring (bicyclic) bond motifs is 1. The number of allylic oxidation sites excluding steroid dienone is 2. The summed E-state index contributed by atoms with van der Waals surface area (Å²) in [5.74, 6) is -0.0447. The Hall–Kier alpha value is -3.30. The Kier molecular flexibility index (Phi) is 3.88. The summed E-state index contributed by atoms with van der Waals surface area (Å²) in [6.07, 6.45) is 0.789. The van der Waals surface area contributed by atoms with Crippen molar-refractivity contribution in [2.45, 2.75) is 13.3 Å². The third-order valence-corrected chi connectivity index (χ3v) is 3.22. The highest BCUT2D eigenvalue weighted by Gasteiger charge is 2.22. The summed E-state index contributed by atoms with van der Waals surface area (Å²) < 4.78 is 0. The quantitative estimate of drug-likeness (QED) is 0.830. The van der Waals surface area contributed by atoms with E-state index in [0.29, 0.717) is 12.2 Å². The molecule has 0 radical (unpaired) electrons. The minimum absolute atomic E-state index is 0.0447. The summed E-state index contributed by atoms with van der Waals surface area (Å²) >= 11 is 0. The summed E-state index contributed by atoms with van der Waals surface area (Å²) in [6, 6.07) is 10.5.